The number of fused-ring (bicyclic) bond motifs is 1. The van der Waals surface area contributed by atoms with Gasteiger partial charge in [-0.25, -0.2) is 9.67 Å². The topological polar surface area (TPSA) is 83.9 Å². The molecule has 0 radical (unpaired) electrons. The molecule has 7 nitrogen and oxygen atoms in total. The Kier molecular flexibility index (Phi) is 4.25. The van der Waals surface area contributed by atoms with E-state index in [2.05, 4.69) is 15.1 Å². The van der Waals surface area contributed by atoms with Crippen LogP contribution >= 0.6 is 11.3 Å². The van der Waals surface area contributed by atoms with Gasteiger partial charge in [0.2, 0.25) is 5.95 Å². The molecule has 0 atom stereocenters. The van der Waals surface area contributed by atoms with Crippen LogP contribution < -0.4 is 5.56 Å². The standard InChI is InChI=1S/C16H14F3N5O2S/c17-16(18,19)10-1-4-23(5-2-10)14(26)9-7-20-24(8-9)15-21-12(25)11-3-6-27-13(11)22-15/h3,6-8,10H,1-2,4-5H2,(H,21,22,25). The van der Waals surface area contributed by atoms with Crippen molar-refractivity contribution in [3.63, 3.8) is 0 Å². The predicted octanol–water partition coefficient (Wildman–Crippen LogP) is 2.58. The molecule has 27 heavy (non-hydrogen) atoms. The number of piperidine rings is 1. The van der Waals surface area contributed by atoms with Crippen LogP contribution in [-0.4, -0.2) is 49.8 Å². The second kappa shape index (κ2) is 6.48. The van der Waals surface area contributed by atoms with Crippen molar-refractivity contribution in [2.45, 2.75) is 19.0 Å². The number of aromatic nitrogens is 4. The van der Waals surface area contributed by atoms with E-state index in [1.54, 1.807) is 11.4 Å². The summed E-state index contributed by atoms with van der Waals surface area (Å²) in [7, 11) is 0. The number of hydrogen-bond acceptors (Lipinski definition) is 5. The van der Waals surface area contributed by atoms with Crippen molar-refractivity contribution >= 4 is 27.5 Å². The zero-order valence-electron chi connectivity index (χ0n) is 13.9. The number of hydrogen-bond donors (Lipinski definition) is 1. The lowest BCUT2D eigenvalue weighted by Gasteiger charge is -2.32. The number of likely N-dealkylation sites (tertiary alicyclic amines) is 1. The summed E-state index contributed by atoms with van der Waals surface area (Å²) >= 11 is 1.31. The minimum Gasteiger partial charge on any atom is -0.339 e. The molecular weight excluding hydrogens is 383 g/mol. The van der Waals surface area contributed by atoms with E-state index >= 15 is 0 Å². The van der Waals surface area contributed by atoms with E-state index in [1.165, 1.54) is 33.3 Å². The van der Waals surface area contributed by atoms with Gasteiger partial charge in [-0.1, -0.05) is 0 Å². The van der Waals surface area contributed by atoms with E-state index in [-0.39, 0.29) is 48.9 Å². The Balaban J connectivity index is 1.52. The van der Waals surface area contributed by atoms with Crippen LogP contribution in [0.2, 0.25) is 0 Å². The number of alkyl halides is 3. The molecule has 0 spiro atoms. The minimum atomic E-state index is -4.22. The molecule has 0 bridgehead atoms. The summed E-state index contributed by atoms with van der Waals surface area (Å²) in [6.45, 7) is 0.0921. The average molecular weight is 397 g/mol. The van der Waals surface area contributed by atoms with Crippen molar-refractivity contribution in [3.05, 3.63) is 39.8 Å². The molecule has 142 valence electrons. The summed E-state index contributed by atoms with van der Waals surface area (Å²) in [4.78, 5) is 33.4. The maximum Gasteiger partial charge on any atom is 0.391 e. The third-order valence-corrected chi connectivity index (χ3v) is 5.42. The third kappa shape index (κ3) is 3.34. The van der Waals surface area contributed by atoms with Crippen LogP contribution in [0, 0.1) is 5.92 Å². The smallest absolute Gasteiger partial charge is 0.339 e. The lowest BCUT2D eigenvalue weighted by atomic mass is 9.96. The molecule has 1 fully saturated rings. The summed E-state index contributed by atoms with van der Waals surface area (Å²) in [6, 6.07) is 1.66. The zero-order valence-corrected chi connectivity index (χ0v) is 14.7. The van der Waals surface area contributed by atoms with Crippen LogP contribution in [0.3, 0.4) is 0 Å². The number of carbonyl (C=O) groups is 1. The van der Waals surface area contributed by atoms with Gasteiger partial charge in [0.1, 0.15) is 4.83 Å². The van der Waals surface area contributed by atoms with Crippen LogP contribution in [0.5, 0.6) is 0 Å². The molecule has 3 aromatic heterocycles. The number of rotatable bonds is 2. The highest BCUT2D eigenvalue weighted by atomic mass is 32.1. The van der Waals surface area contributed by atoms with Gasteiger partial charge >= 0.3 is 6.18 Å². The molecule has 1 saturated heterocycles. The monoisotopic (exact) mass is 397 g/mol. The van der Waals surface area contributed by atoms with Crippen molar-refractivity contribution in [1.29, 1.82) is 0 Å². The fourth-order valence-electron chi connectivity index (χ4n) is 3.10. The number of H-pyrrole nitrogens is 1. The van der Waals surface area contributed by atoms with Crippen LogP contribution in [0.4, 0.5) is 13.2 Å². The quantitative estimate of drug-likeness (QED) is 0.721. The van der Waals surface area contributed by atoms with E-state index in [9.17, 15) is 22.8 Å². The first-order valence-electron chi connectivity index (χ1n) is 8.21. The SMILES string of the molecule is O=C(c1cnn(-c2nc3sccc3c(=O)[nH]2)c1)N1CCC(C(F)(F)F)CC1. The van der Waals surface area contributed by atoms with Gasteiger partial charge in [-0.2, -0.15) is 18.3 Å². The molecular formula is C16H14F3N5O2S. The number of carbonyl (C=O) groups excluding carboxylic acids is 1. The second-order valence-electron chi connectivity index (χ2n) is 6.31. The molecule has 11 heteroatoms. The predicted molar refractivity (Wildman–Crippen MR) is 92.0 cm³/mol. The van der Waals surface area contributed by atoms with Gasteiger partial charge in [0, 0.05) is 19.3 Å². The zero-order chi connectivity index (χ0) is 19.2. The highest BCUT2D eigenvalue weighted by Crippen LogP contribution is 2.34. The summed E-state index contributed by atoms with van der Waals surface area (Å²) in [5, 5.41) is 6.27. The van der Waals surface area contributed by atoms with Crippen molar-refractivity contribution in [2.24, 2.45) is 5.92 Å². The van der Waals surface area contributed by atoms with E-state index in [1.807, 2.05) is 0 Å². The molecule has 1 N–H and O–H groups in total. The van der Waals surface area contributed by atoms with Gasteiger partial charge in [0.25, 0.3) is 11.5 Å². The van der Waals surface area contributed by atoms with Gasteiger partial charge in [-0.3, -0.25) is 14.6 Å². The number of aromatic amines is 1. The van der Waals surface area contributed by atoms with Crippen molar-refractivity contribution in [2.75, 3.05) is 13.1 Å². The van der Waals surface area contributed by atoms with Gasteiger partial charge in [0.15, 0.2) is 0 Å². The largest absolute Gasteiger partial charge is 0.391 e. The first-order valence-corrected chi connectivity index (χ1v) is 9.09. The normalized spacial score (nSPS) is 16.2. The Morgan fingerprint density at radius 3 is 2.74 bits per heavy atom. The molecule has 1 aliphatic heterocycles. The van der Waals surface area contributed by atoms with Crippen LogP contribution in [0.25, 0.3) is 16.2 Å². The molecule has 0 saturated carbocycles. The maximum atomic E-state index is 12.8. The van der Waals surface area contributed by atoms with Gasteiger partial charge < -0.3 is 4.90 Å². The molecule has 4 rings (SSSR count). The summed E-state index contributed by atoms with van der Waals surface area (Å²) < 4.78 is 39.5. The minimum absolute atomic E-state index is 0.0461. The number of thiophene rings is 1. The fraction of sp³-hybridized carbons (Fsp3) is 0.375. The fourth-order valence-corrected chi connectivity index (χ4v) is 3.86. The lowest BCUT2D eigenvalue weighted by Crippen LogP contribution is -2.42. The molecule has 0 aliphatic carbocycles. The van der Waals surface area contributed by atoms with Crippen molar-refractivity contribution in [1.82, 2.24) is 24.6 Å². The van der Waals surface area contributed by atoms with Gasteiger partial charge in [-0.15, -0.1) is 11.3 Å². The first-order chi connectivity index (χ1) is 12.8. The number of amides is 1. The summed E-state index contributed by atoms with van der Waals surface area (Å²) in [5.41, 5.74) is -0.0803. The molecule has 1 amide bonds. The Bertz CT molecular complexity index is 1050. The number of halogens is 3. The van der Waals surface area contributed by atoms with Crippen LogP contribution in [-0.2, 0) is 0 Å². The summed E-state index contributed by atoms with van der Waals surface area (Å²) in [6.07, 6.45) is -1.70. The van der Waals surface area contributed by atoms with Crippen LogP contribution in [0.1, 0.15) is 23.2 Å². The van der Waals surface area contributed by atoms with E-state index in [0.29, 0.717) is 10.2 Å². The third-order valence-electron chi connectivity index (χ3n) is 4.61. The van der Waals surface area contributed by atoms with Crippen molar-refractivity contribution in [3.8, 4) is 5.95 Å². The van der Waals surface area contributed by atoms with Gasteiger partial charge in [-0.05, 0) is 24.3 Å². The molecule has 3 aromatic rings. The highest BCUT2D eigenvalue weighted by Gasteiger charge is 2.41. The molecule has 1 aliphatic rings. The Morgan fingerprint density at radius 2 is 2.04 bits per heavy atom. The number of nitrogens with one attached hydrogen (secondary N) is 1. The molecule has 4 heterocycles. The Hall–Kier alpha value is -2.69. The molecule has 0 aromatic carbocycles. The lowest BCUT2D eigenvalue weighted by molar-refractivity contribution is -0.183. The number of nitrogens with zero attached hydrogens (tertiary/aromatic N) is 4. The maximum absolute atomic E-state index is 12.8. The summed E-state index contributed by atoms with van der Waals surface area (Å²) in [5.74, 6) is -1.58. The average Bonchev–Trinajstić information content (AvgIpc) is 3.30. The molecule has 0 unspecified atom stereocenters. The highest BCUT2D eigenvalue weighted by molar-refractivity contribution is 7.16. The van der Waals surface area contributed by atoms with E-state index in [0.717, 1.165) is 0 Å². The van der Waals surface area contributed by atoms with Crippen LogP contribution in [0.15, 0.2) is 28.6 Å². The first kappa shape index (κ1) is 17.7. The van der Waals surface area contributed by atoms with E-state index in [4.69, 9.17) is 0 Å². The van der Waals surface area contributed by atoms with Gasteiger partial charge in [0.05, 0.1) is 23.1 Å². The Morgan fingerprint density at radius 1 is 1.30 bits per heavy atom. The second-order valence-corrected chi connectivity index (χ2v) is 7.21. The Labute approximate surface area is 154 Å². The van der Waals surface area contributed by atoms with Crippen molar-refractivity contribution < 1.29 is 18.0 Å². The van der Waals surface area contributed by atoms with E-state index < -0.39 is 12.1 Å².